The Labute approximate surface area is 125 Å². The number of nitrogens with zero attached hydrogens (tertiary/aromatic N) is 2. The molecule has 0 aromatic heterocycles. The quantitative estimate of drug-likeness (QED) is 0.706. The molecule has 7 heteroatoms. The number of methoxy groups -OCH3 is 1. The van der Waals surface area contributed by atoms with E-state index in [-0.39, 0.29) is 13.0 Å². The maximum Gasteiger partial charge on any atom is 0.317 e. The Hall–Kier alpha value is -1.81. The lowest BCUT2D eigenvalue weighted by Gasteiger charge is -2.40. The highest BCUT2D eigenvalue weighted by Gasteiger charge is 2.44. The van der Waals surface area contributed by atoms with Crippen LogP contribution in [0.4, 0.5) is 4.79 Å². The molecule has 0 spiro atoms. The summed E-state index contributed by atoms with van der Waals surface area (Å²) in [5.41, 5.74) is -2.08. The highest BCUT2D eigenvalue weighted by atomic mass is 16.5. The fraction of sp³-hybridized carbons (Fsp3) is 0.786. The second-order valence-corrected chi connectivity index (χ2v) is 5.87. The van der Waals surface area contributed by atoms with Crippen LogP contribution in [0, 0.1) is 16.7 Å². The van der Waals surface area contributed by atoms with Crippen LogP contribution >= 0.6 is 0 Å². The lowest BCUT2D eigenvalue weighted by Crippen LogP contribution is -2.59. The number of carboxylic acids is 1. The van der Waals surface area contributed by atoms with Crippen molar-refractivity contribution in [3.63, 3.8) is 0 Å². The van der Waals surface area contributed by atoms with Crippen molar-refractivity contribution in [1.29, 1.82) is 5.26 Å². The molecule has 0 saturated carbocycles. The van der Waals surface area contributed by atoms with Crippen molar-refractivity contribution in [3.8, 4) is 6.07 Å². The van der Waals surface area contributed by atoms with Gasteiger partial charge in [0.1, 0.15) is 0 Å². The minimum absolute atomic E-state index is 0.208. The first-order valence-electron chi connectivity index (χ1n) is 6.76. The molecule has 0 bridgehead atoms. The minimum atomic E-state index is -1.13. The number of nitrogens with one attached hydrogen (secondary N) is 1. The highest BCUT2D eigenvalue weighted by Crippen LogP contribution is 2.30. The van der Waals surface area contributed by atoms with Gasteiger partial charge in [-0.2, -0.15) is 5.26 Å². The van der Waals surface area contributed by atoms with Crippen molar-refractivity contribution in [1.82, 2.24) is 10.2 Å². The molecule has 0 heterocycles. The van der Waals surface area contributed by atoms with E-state index in [9.17, 15) is 14.7 Å². The monoisotopic (exact) mass is 299 g/mol. The summed E-state index contributed by atoms with van der Waals surface area (Å²) < 4.78 is 4.94. The zero-order valence-electron chi connectivity index (χ0n) is 13.4. The number of hydrogen-bond donors (Lipinski definition) is 2. The van der Waals surface area contributed by atoms with Gasteiger partial charge in [-0.05, 0) is 27.7 Å². The summed E-state index contributed by atoms with van der Waals surface area (Å²) >= 11 is 0. The number of carbonyl (C=O) groups is 2. The molecular formula is C14H25N3O4. The maximum absolute atomic E-state index is 12.3. The van der Waals surface area contributed by atoms with E-state index in [1.54, 1.807) is 27.7 Å². The Morgan fingerprint density at radius 1 is 1.29 bits per heavy atom. The van der Waals surface area contributed by atoms with Crippen molar-refractivity contribution in [2.75, 3.05) is 26.8 Å². The van der Waals surface area contributed by atoms with E-state index >= 15 is 0 Å². The molecule has 120 valence electrons. The lowest BCUT2D eigenvalue weighted by atomic mass is 9.74. The summed E-state index contributed by atoms with van der Waals surface area (Å²) in [5, 5.41) is 20.7. The second kappa shape index (κ2) is 7.84. The number of ether oxygens (including phenoxy) is 1. The van der Waals surface area contributed by atoms with Crippen molar-refractivity contribution < 1.29 is 19.4 Å². The molecule has 2 amide bonds. The third-order valence-electron chi connectivity index (χ3n) is 3.86. The molecule has 0 unspecified atom stereocenters. The highest BCUT2D eigenvalue weighted by molar-refractivity contribution is 5.79. The maximum atomic E-state index is 12.3. The minimum Gasteiger partial charge on any atom is -0.481 e. The second-order valence-electron chi connectivity index (χ2n) is 5.87. The Morgan fingerprint density at radius 2 is 1.86 bits per heavy atom. The van der Waals surface area contributed by atoms with Gasteiger partial charge in [0.05, 0.1) is 30.1 Å². The molecule has 0 rings (SSSR count). The summed E-state index contributed by atoms with van der Waals surface area (Å²) in [5.74, 6) is -0.992. The predicted octanol–water partition coefficient (Wildman–Crippen LogP) is 1.45. The van der Waals surface area contributed by atoms with Gasteiger partial charge >= 0.3 is 12.0 Å². The van der Waals surface area contributed by atoms with Crippen LogP contribution in [-0.2, 0) is 9.53 Å². The SMILES string of the molecule is COCCN(CCC#N)C(=O)NC(C)(C)C(C)(C)C(=O)O. The fourth-order valence-corrected chi connectivity index (χ4v) is 1.47. The molecule has 0 aromatic rings. The molecule has 0 fully saturated rings. The average Bonchev–Trinajstić information content (AvgIpc) is 2.37. The van der Waals surface area contributed by atoms with Gasteiger partial charge in [-0.15, -0.1) is 0 Å². The van der Waals surface area contributed by atoms with Crippen LogP contribution < -0.4 is 5.32 Å². The van der Waals surface area contributed by atoms with E-state index in [4.69, 9.17) is 10.00 Å². The molecule has 0 aliphatic rings. The van der Waals surface area contributed by atoms with E-state index in [0.29, 0.717) is 13.2 Å². The molecule has 21 heavy (non-hydrogen) atoms. The van der Waals surface area contributed by atoms with Crippen LogP contribution in [0.15, 0.2) is 0 Å². The third kappa shape index (κ3) is 5.23. The summed E-state index contributed by atoms with van der Waals surface area (Å²) in [6.45, 7) is 7.41. The Morgan fingerprint density at radius 3 is 2.29 bits per heavy atom. The van der Waals surface area contributed by atoms with Gasteiger partial charge in [-0.3, -0.25) is 4.79 Å². The molecule has 0 radical (unpaired) electrons. The van der Waals surface area contributed by atoms with Crippen LogP contribution in [-0.4, -0.2) is 54.4 Å². The van der Waals surface area contributed by atoms with Gasteiger partial charge in [0, 0.05) is 20.2 Å². The number of aliphatic carboxylic acids is 1. The number of rotatable bonds is 8. The first kappa shape index (κ1) is 19.2. The van der Waals surface area contributed by atoms with Crippen LogP contribution in [0.2, 0.25) is 0 Å². The standard InChI is InChI=1S/C14H25N3O4/c1-13(2,11(18)19)14(3,4)16-12(20)17(8-6-7-15)9-10-21-5/h6,8-10H2,1-5H3,(H,16,20)(H,18,19). The molecule has 0 aromatic carbocycles. The average molecular weight is 299 g/mol. The molecule has 0 saturated heterocycles. The van der Waals surface area contributed by atoms with E-state index in [0.717, 1.165) is 0 Å². The molecule has 2 N–H and O–H groups in total. The first-order chi connectivity index (χ1) is 9.60. The number of carbonyl (C=O) groups excluding carboxylic acids is 1. The van der Waals surface area contributed by atoms with Gasteiger partial charge in [0.15, 0.2) is 0 Å². The Bertz CT molecular complexity index is 413. The van der Waals surface area contributed by atoms with Gasteiger partial charge in [0.2, 0.25) is 0 Å². The summed E-state index contributed by atoms with van der Waals surface area (Å²) in [4.78, 5) is 25.1. The summed E-state index contributed by atoms with van der Waals surface area (Å²) in [7, 11) is 1.53. The first-order valence-corrected chi connectivity index (χ1v) is 6.76. The zero-order chi connectivity index (χ0) is 16.7. The normalized spacial score (nSPS) is 11.6. The zero-order valence-corrected chi connectivity index (χ0v) is 13.4. The van der Waals surface area contributed by atoms with Gasteiger partial charge in [-0.1, -0.05) is 0 Å². The largest absolute Gasteiger partial charge is 0.481 e. The molecule has 7 nitrogen and oxygen atoms in total. The molecule has 0 aliphatic heterocycles. The summed E-state index contributed by atoms with van der Waals surface area (Å²) in [6, 6.07) is 1.58. The van der Waals surface area contributed by atoms with Crippen molar-refractivity contribution in [3.05, 3.63) is 0 Å². The third-order valence-corrected chi connectivity index (χ3v) is 3.86. The Kier molecular flexibility index (Phi) is 7.16. The smallest absolute Gasteiger partial charge is 0.317 e. The summed E-state index contributed by atoms with van der Waals surface area (Å²) in [6.07, 6.45) is 0.208. The van der Waals surface area contributed by atoms with Gasteiger partial charge in [0.25, 0.3) is 0 Å². The van der Waals surface area contributed by atoms with Crippen molar-refractivity contribution in [2.45, 2.75) is 39.7 Å². The number of urea groups is 1. The predicted molar refractivity (Wildman–Crippen MR) is 77.7 cm³/mol. The van der Waals surface area contributed by atoms with Crippen molar-refractivity contribution in [2.24, 2.45) is 5.41 Å². The van der Waals surface area contributed by atoms with Crippen LogP contribution in [0.3, 0.4) is 0 Å². The lowest BCUT2D eigenvalue weighted by molar-refractivity contribution is -0.150. The Balaban J connectivity index is 4.95. The van der Waals surface area contributed by atoms with E-state index < -0.39 is 23.0 Å². The molecular weight excluding hydrogens is 274 g/mol. The van der Waals surface area contributed by atoms with Crippen LogP contribution in [0.1, 0.15) is 34.1 Å². The number of carboxylic acid groups (broad SMARTS) is 1. The van der Waals surface area contributed by atoms with E-state index in [2.05, 4.69) is 5.32 Å². The number of nitriles is 1. The van der Waals surface area contributed by atoms with E-state index in [1.165, 1.54) is 12.0 Å². The topological polar surface area (TPSA) is 103 Å². The number of amides is 2. The fourth-order valence-electron chi connectivity index (χ4n) is 1.47. The van der Waals surface area contributed by atoms with Gasteiger partial charge in [-0.25, -0.2) is 4.79 Å². The van der Waals surface area contributed by atoms with Gasteiger partial charge < -0.3 is 20.1 Å². The molecule has 0 atom stereocenters. The van der Waals surface area contributed by atoms with Crippen LogP contribution in [0.5, 0.6) is 0 Å². The van der Waals surface area contributed by atoms with Crippen LogP contribution in [0.25, 0.3) is 0 Å². The van der Waals surface area contributed by atoms with Crippen molar-refractivity contribution >= 4 is 12.0 Å². The number of hydrogen-bond acceptors (Lipinski definition) is 4. The molecule has 0 aliphatic carbocycles. The van der Waals surface area contributed by atoms with E-state index in [1.807, 2.05) is 6.07 Å².